The zero-order valence-corrected chi connectivity index (χ0v) is 11.1. The van der Waals surface area contributed by atoms with Gasteiger partial charge in [-0.3, -0.25) is 9.48 Å². The Kier molecular flexibility index (Phi) is 5.64. The molecule has 1 heterocycles. The van der Waals surface area contributed by atoms with Crippen molar-refractivity contribution in [1.82, 2.24) is 15.1 Å². The molecule has 0 unspecified atom stereocenters. The van der Waals surface area contributed by atoms with Crippen LogP contribution in [0.25, 0.3) is 0 Å². The Morgan fingerprint density at radius 3 is 2.72 bits per heavy atom. The summed E-state index contributed by atoms with van der Waals surface area (Å²) in [6.45, 7) is 2.74. The molecule has 6 heteroatoms. The summed E-state index contributed by atoms with van der Waals surface area (Å²) in [7, 11) is 1.72. The van der Waals surface area contributed by atoms with Crippen LogP contribution >= 0.6 is 0 Å². The van der Waals surface area contributed by atoms with E-state index in [-0.39, 0.29) is 12.5 Å². The van der Waals surface area contributed by atoms with Gasteiger partial charge in [-0.05, 0) is 25.7 Å². The molecule has 6 nitrogen and oxygen atoms in total. The third-order valence-electron chi connectivity index (χ3n) is 2.83. The van der Waals surface area contributed by atoms with Crippen molar-refractivity contribution in [3.63, 3.8) is 0 Å². The summed E-state index contributed by atoms with van der Waals surface area (Å²) in [5, 5.41) is 15.7. The number of aliphatic hydroxyl groups excluding tert-OH is 1. The first-order valence-corrected chi connectivity index (χ1v) is 6.32. The molecule has 0 bridgehead atoms. The lowest BCUT2D eigenvalue weighted by Crippen LogP contribution is -2.27. The Balaban J connectivity index is 2.54. The summed E-state index contributed by atoms with van der Waals surface area (Å²) in [6.07, 6.45) is 3.23. The summed E-state index contributed by atoms with van der Waals surface area (Å²) in [5.41, 5.74) is 7.53. The number of anilines is 1. The van der Waals surface area contributed by atoms with Crippen molar-refractivity contribution in [3.8, 4) is 0 Å². The maximum atomic E-state index is 11.9. The maximum absolute atomic E-state index is 11.9. The van der Waals surface area contributed by atoms with Crippen molar-refractivity contribution in [2.24, 2.45) is 7.05 Å². The number of carbonyl (C=O) groups is 1. The van der Waals surface area contributed by atoms with Gasteiger partial charge in [0.2, 0.25) is 0 Å². The van der Waals surface area contributed by atoms with Gasteiger partial charge in [0.25, 0.3) is 5.91 Å². The first-order valence-electron chi connectivity index (χ1n) is 6.32. The van der Waals surface area contributed by atoms with Gasteiger partial charge in [-0.2, -0.15) is 5.10 Å². The minimum atomic E-state index is -0.189. The molecule has 0 atom stereocenters. The summed E-state index contributed by atoms with van der Waals surface area (Å²) in [5.74, 6) is -0.189. The topological polar surface area (TPSA) is 93.2 Å². The number of rotatable bonds is 7. The molecule has 0 radical (unpaired) electrons. The Morgan fingerprint density at radius 1 is 1.44 bits per heavy atom. The SMILES string of the molecule is CCc1nn(C)c(C(=O)NCCCCCO)c1N. The highest BCUT2D eigenvalue weighted by atomic mass is 16.2. The van der Waals surface area contributed by atoms with E-state index in [0.29, 0.717) is 24.3 Å². The van der Waals surface area contributed by atoms with E-state index < -0.39 is 0 Å². The van der Waals surface area contributed by atoms with Gasteiger partial charge in [0, 0.05) is 20.2 Å². The number of aliphatic hydroxyl groups is 1. The summed E-state index contributed by atoms with van der Waals surface area (Å²) in [4.78, 5) is 11.9. The van der Waals surface area contributed by atoms with Crippen LogP contribution in [0, 0.1) is 0 Å². The van der Waals surface area contributed by atoms with Crippen LogP contribution in [0.15, 0.2) is 0 Å². The first kappa shape index (κ1) is 14.5. The first-order chi connectivity index (χ1) is 8.61. The molecule has 0 aliphatic rings. The van der Waals surface area contributed by atoms with E-state index in [9.17, 15) is 4.79 Å². The highest BCUT2D eigenvalue weighted by molar-refractivity contribution is 5.97. The van der Waals surface area contributed by atoms with Crippen LogP contribution in [0.5, 0.6) is 0 Å². The zero-order valence-electron chi connectivity index (χ0n) is 11.1. The number of aryl methyl sites for hydroxylation is 2. The molecule has 0 saturated carbocycles. The molecule has 102 valence electrons. The molecular weight excluding hydrogens is 232 g/mol. The molecule has 1 rings (SSSR count). The highest BCUT2D eigenvalue weighted by Crippen LogP contribution is 2.16. The molecule has 0 aliphatic carbocycles. The largest absolute Gasteiger partial charge is 0.396 e. The minimum absolute atomic E-state index is 0.189. The number of nitrogen functional groups attached to an aromatic ring is 1. The van der Waals surface area contributed by atoms with Gasteiger partial charge < -0.3 is 16.2 Å². The Hall–Kier alpha value is -1.56. The quantitative estimate of drug-likeness (QED) is 0.616. The molecular formula is C12H22N4O2. The lowest BCUT2D eigenvalue weighted by Gasteiger charge is -2.05. The Bertz CT molecular complexity index is 401. The fraction of sp³-hybridized carbons (Fsp3) is 0.667. The van der Waals surface area contributed by atoms with E-state index in [0.717, 1.165) is 25.0 Å². The molecule has 1 amide bonds. The van der Waals surface area contributed by atoms with Gasteiger partial charge in [-0.15, -0.1) is 0 Å². The second-order valence-electron chi connectivity index (χ2n) is 4.23. The van der Waals surface area contributed by atoms with Crippen molar-refractivity contribution in [1.29, 1.82) is 0 Å². The van der Waals surface area contributed by atoms with Gasteiger partial charge in [0.1, 0.15) is 5.69 Å². The third kappa shape index (κ3) is 3.46. The third-order valence-corrected chi connectivity index (χ3v) is 2.83. The summed E-state index contributed by atoms with van der Waals surface area (Å²) < 4.78 is 1.53. The number of hydrogen-bond donors (Lipinski definition) is 3. The number of unbranched alkanes of at least 4 members (excludes halogenated alkanes) is 2. The van der Waals surface area contributed by atoms with Gasteiger partial charge in [0.05, 0.1) is 11.4 Å². The maximum Gasteiger partial charge on any atom is 0.271 e. The van der Waals surface area contributed by atoms with E-state index >= 15 is 0 Å². The number of nitrogens with one attached hydrogen (secondary N) is 1. The zero-order chi connectivity index (χ0) is 13.5. The number of carbonyl (C=O) groups excluding carboxylic acids is 1. The lowest BCUT2D eigenvalue weighted by molar-refractivity contribution is 0.0944. The van der Waals surface area contributed by atoms with Crippen molar-refractivity contribution in [2.75, 3.05) is 18.9 Å². The molecule has 18 heavy (non-hydrogen) atoms. The van der Waals surface area contributed by atoms with Gasteiger partial charge >= 0.3 is 0 Å². The number of amides is 1. The molecule has 1 aromatic rings. The summed E-state index contributed by atoms with van der Waals surface area (Å²) in [6, 6.07) is 0. The number of hydrogen-bond acceptors (Lipinski definition) is 4. The second kappa shape index (κ2) is 7.00. The summed E-state index contributed by atoms with van der Waals surface area (Å²) >= 11 is 0. The fourth-order valence-corrected chi connectivity index (χ4v) is 1.83. The molecule has 0 saturated heterocycles. The average Bonchev–Trinajstić information content (AvgIpc) is 2.63. The molecule has 4 N–H and O–H groups in total. The monoisotopic (exact) mass is 254 g/mol. The number of nitrogens with zero attached hydrogens (tertiary/aromatic N) is 2. The lowest BCUT2D eigenvalue weighted by atomic mass is 10.2. The van der Waals surface area contributed by atoms with Crippen LogP contribution in [0.2, 0.25) is 0 Å². The molecule has 0 fully saturated rings. The predicted molar refractivity (Wildman–Crippen MR) is 70.3 cm³/mol. The van der Waals surface area contributed by atoms with Crippen LogP contribution in [0.4, 0.5) is 5.69 Å². The number of nitrogens with two attached hydrogens (primary N) is 1. The minimum Gasteiger partial charge on any atom is -0.396 e. The van der Waals surface area contributed by atoms with Gasteiger partial charge in [-0.1, -0.05) is 6.92 Å². The van der Waals surface area contributed by atoms with Gasteiger partial charge in [-0.25, -0.2) is 0 Å². The smallest absolute Gasteiger partial charge is 0.271 e. The van der Waals surface area contributed by atoms with E-state index in [4.69, 9.17) is 10.8 Å². The Labute approximate surface area is 107 Å². The fourth-order valence-electron chi connectivity index (χ4n) is 1.83. The van der Waals surface area contributed by atoms with Crippen LogP contribution in [0.1, 0.15) is 42.4 Å². The van der Waals surface area contributed by atoms with Crippen LogP contribution in [-0.4, -0.2) is 33.9 Å². The normalized spacial score (nSPS) is 10.6. The van der Waals surface area contributed by atoms with E-state index in [1.54, 1.807) is 7.05 Å². The average molecular weight is 254 g/mol. The predicted octanol–water partition coefficient (Wildman–Crippen LogP) is 0.457. The van der Waals surface area contributed by atoms with Crippen molar-refractivity contribution in [3.05, 3.63) is 11.4 Å². The van der Waals surface area contributed by atoms with Crippen LogP contribution < -0.4 is 11.1 Å². The van der Waals surface area contributed by atoms with Gasteiger partial charge in [0.15, 0.2) is 0 Å². The van der Waals surface area contributed by atoms with Crippen LogP contribution in [0.3, 0.4) is 0 Å². The van der Waals surface area contributed by atoms with Crippen molar-refractivity contribution >= 4 is 11.6 Å². The van der Waals surface area contributed by atoms with Crippen molar-refractivity contribution < 1.29 is 9.90 Å². The second-order valence-corrected chi connectivity index (χ2v) is 4.23. The number of aromatic nitrogens is 2. The standard InChI is InChI=1S/C12H22N4O2/c1-3-9-10(13)11(16(2)15-9)12(18)14-7-5-4-6-8-17/h17H,3-8,13H2,1-2H3,(H,14,18). The van der Waals surface area contributed by atoms with E-state index in [2.05, 4.69) is 10.4 Å². The highest BCUT2D eigenvalue weighted by Gasteiger charge is 2.18. The molecule has 1 aromatic heterocycles. The van der Waals surface area contributed by atoms with E-state index in [1.165, 1.54) is 4.68 Å². The van der Waals surface area contributed by atoms with E-state index in [1.807, 2.05) is 6.92 Å². The molecule has 0 aromatic carbocycles. The molecule has 0 aliphatic heterocycles. The van der Waals surface area contributed by atoms with Crippen LogP contribution in [-0.2, 0) is 13.5 Å². The van der Waals surface area contributed by atoms with Crippen molar-refractivity contribution in [2.45, 2.75) is 32.6 Å². The Morgan fingerprint density at radius 2 is 2.17 bits per heavy atom. The molecule has 0 spiro atoms.